The maximum absolute atomic E-state index is 11.7. The second-order valence-electron chi connectivity index (χ2n) is 5.30. The molecule has 1 fully saturated rings. The van der Waals surface area contributed by atoms with Gasteiger partial charge in [-0.05, 0) is 49.3 Å². The van der Waals surface area contributed by atoms with Gasteiger partial charge in [0.05, 0.1) is 0 Å². The Bertz CT molecular complexity index is 413. The highest BCUT2D eigenvalue weighted by Crippen LogP contribution is 2.28. The fourth-order valence-electron chi connectivity index (χ4n) is 1.91. The van der Waals surface area contributed by atoms with Gasteiger partial charge in [-0.3, -0.25) is 0 Å². The van der Waals surface area contributed by atoms with Crippen LogP contribution >= 0.6 is 0 Å². The van der Waals surface area contributed by atoms with Gasteiger partial charge in [-0.1, -0.05) is 19.1 Å². The average molecular weight is 276 g/mol. The van der Waals surface area contributed by atoms with Crippen molar-refractivity contribution in [3.05, 3.63) is 29.8 Å². The van der Waals surface area contributed by atoms with Gasteiger partial charge in [0.15, 0.2) is 0 Å². The third-order valence-electron chi connectivity index (χ3n) is 3.42. The predicted molar refractivity (Wildman–Crippen MR) is 81.0 cm³/mol. The van der Waals surface area contributed by atoms with Gasteiger partial charge in [0, 0.05) is 25.4 Å². The molecule has 1 aromatic carbocycles. The number of anilines is 1. The lowest BCUT2D eigenvalue weighted by Crippen LogP contribution is -2.30. The van der Waals surface area contributed by atoms with Crippen LogP contribution in [0.1, 0.15) is 31.7 Å². The fourth-order valence-corrected chi connectivity index (χ4v) is 1.91. The number of ether oxygens (including phenoxy) is 1. The number of rotatable bonds is 8. The van der Waals surface area contributed by atoms with Crippen LogP contribution < -0.4 is 10.6 Å². The van der Waals surface area contributed by atoms with Crippen LogP contribution in [-0.2, 0) is 11.2 Å². The Labute approximate surface area is 120 Å². The Kier molecular flexibility index (Phi) is 5.87. The van der Waals surface area contributed by atoms with Gasteiger partial charge >= 0.3 is 6.03 Å². The number of nitrogens with one attached hydrogen (secondary N) is 2. The quantitative estimate of drug-likeness (QED) is 0.716. The van der Waals surface area contributed by atoms with Crippen molar-refractivity contribution >= 4 is 11.7 Å². The number of carbonyl (C=O) groups excluding carboxylic acids is 1. The van der Waals surface area contributed by atoms with E-state index >= 15 is 0 Å². The molecule has 0 radical (unpaired) electrons. The monoisotopic (exact) mass is 276 g/mol. The van der Waals surface area contributed by atoms with Crippen LogP contribution in [0.5, 0.6) is 0 Å². The maximum Gasteiger partial charge on any atom is 0.319 e. The van der Waals surface area contributed by atoms with Crippen LogP contribution in [-0.4, -0.2) is 25.8 Å². The minimum absolute atomic E-state index is 0.156. The molecule has 1 aliphatic rings. The van der Waals surface area contributed by atoms with Crippen molar-refractivity contribution in [3.63, 3.8) is 0 Å². The molecule has 0 unspecified atom stereocenters. The molecule has 0 atom stereocenters. The summed E-state index contributed by atoms with van der Waals surface area (Å²) in [6, 6.07) is 7.76. The van der Waals surface area contributed by atoms with Crippen molar-refractivity contribution in [2.45, 2.75) is 32.6 Å². The number of aryl methyl sites for hydroxylation is 1. The number of carbonyl (C=O) groups is 1. The topological polar surface area (TPSA) is 50.4 Å². The lowest BCUT2D eigenvalue weighted by atomic mass is 10.1. The summed E-state index contributed by atoms with van der Waals surface area (Å²) in [7, 11) is 0. The Hall–Kier alpha value is -1.55. The zero-order valence-corrected chi connectivity index (χ0v) is 12.2. The van der Waals surface area contributed by atoms with Crippen LogP contribution in [0.25, 0.3) is 0 Å². The molecule has 0 heterocycles. The van der Waals surface area contributed by atoms with E-state index in [0.29, 0.717) is 6.54 Å². The molecular weight excluding hydrogens is 252 g/mol. The molecule has 0 spiro atoms. The lowest BCUT2D eigenvalue weighted by Gasteiger charge is -2.08. The van der Waals surface area contributed by atoms with E-state index in [1.807, 2.05) is 24.3 Å². The summed E-state index contributed by atoms with van der Waals surface area (Å²) in [4.78, 5) is 11.7. The lowest BCUT2D eigenvalue weighted by molar-refractivity contribution is 0.122. The molecule has 110 valence electrons. The molecule has 4 nitrogen and oxygen atoms in total. The third kappa shape index (κ3) is 5.61. The highest BCUT2D eigenvalue weighted by atomic mass is 16.5. The molecule has 1 aromatic rings. The Morgan fingerprint density at radius 1 is 1.30 bits per heavy atom. The summed E-state index contributed by atoms with van der Waals surface area (Å²) in [5.41, 5.74) is 2.09. The van der Waals surface area contributed by atoms with E-state index in [1.165, 1.54) is 18.4 Å². The largest absolute Gasteiger partial charge is 0.381 e. The molecule has 20 heavy (non-hydrogen) atoms. The van der Waals surface area contributed by atoms with Crippen molar-refractivity contribution in [3.8, 4) is 0 Å². The minimum Gasteiger partial charge on any atom is -0.381 e. The summed E-state index contributed by atoms with van der Waals surface area (Å²) in [6.07, 6.45) is 4.50. The van der Waals surface area contributed by atoms with Crippen molar-refractivity contribution in [2.24, 2.45) is 5.92 Å². The van der Waals surface area contributed by atoms with Gasteiger partial charge in [0.25, 0.3) is 0 Å². The smallest absolute Gasteiger partial charge is 0.319 e. The average Bonchev–Trinajstić information content (AvgIpc) is 3.27. The Morgan fingerprint density at radius 2 is 2.05 bits per heavy atom. The van der Waals surface area contributed by atoms with Crippen molar-refractivity contribution in [2.75, 3.05) is 25.1 Å². The molecule has 0 bridgehead atoms. The van der Waals surface area contributed by atoms with Crippen molar-refractivity contribution in [1.82, 2.24) is 5.32 Å². The van der Waals surface area contributed by atoms with E-state index in [1.54, 1.807) is 0 Å². The van der Waals surface area contributed by atoms with E-state index in [9.17, 15) is 4.79 Å². The first-order chi connectivity index (χ1) is 9.78. The molecule has 0 aliphatic heterocycles. The summed E-state index contributed by atoms with van der Waals surface area (Å²) >= 11 is 0. The van der Waals surface area contributed by atoms with E-state index in [2.05, 4.69) is 17.6 Å². The zero-order chi connectivity index (χ0) is 14.2. The van der Waals surface area contributed by atoms with E-state index < -0.39 is 0 Å². The molecule has 2 rings (SSSR count). The van der Waals surface area contributed by atoms with Gasteiger partial charge in [-0.25, -0.2) is 4.79 Å². The molecule has 4 heteroatoms. The molecule has 1 aliphatic carbocycles. The number of hydrogen-bond acceptors (Lipinski definition) is 2. The van der Waals surface area contributed by atoms with Crippen molar-refractivity contribution < 1.29 is 9.53 Å². The van der Waals surface area contributed by atoms with E-state index in [4.69, 9.17) is 4.74 Å². The summed E-state index contributed by atoms with van der Waals surface area (Å²) in [6.45, 7) is 4.36. The molecule has 2 N–H and O–H groups in total. The van der Waals surface area contributed by atoms with Crippen molar-refractivity contribution in [1.29, 1.82) is 0 Å². The Morgan fingerprint density at radius 3 is 2.70 bits per heavy atom. The number of urea groups is 1. The van der Waals surface area contributed by atoms with Gasteiger partial charge in [0.1, 0.15) is 0 Å². The third-order valence-corrected chi connectivity index (χ3v) is 3.42. The summed E-state index contributed by atoms with van der Waals surface area (Å²) in [5.74, 6) is 0.803. The van der Waals surface area contributed by atoms with Crippen LogP contribution in [0.4, 0.5) is 10.5 Å². The number of hydrogen-bond donors (Lipinski definition) is 2. The first-order valence-corrected chi connectivity index (χ1v) is 7.49. The normalized spacial score (nSPS) is 14.1. The van der Waals surface area contributed by atoms with Crippen LogP contribution in [0.2, 0.25) is 0 Å². The van der Waals surface area contributed by atoms with Gasteiger partial charge in [-0.2, -0.15) is 0 Å². The van der Waals surface area contributed by atoms with E-state index in [-0.39, 0.29) is 6.03 Å². The van der Waals surface area contributed by atoms with Gasteiger partial charge in [0.2, 0.25) is 0 Å². The second-order valence-corrected chi connectivity index (χ2v) is 5.30. The number of amides is 2. The molecule has 1 saturated carbocycles. The molecule has 2 amide bonds. The summed E-state index contributed by atoms with van der Waals surface area (Å²) < 4.78 is 5.51. The fraction of sp³-hybridized carbons (Fsp3) is 0.562. The predicted octanol–water partition coefficient (Wildman–Crippen LogP) is 3.19. The minimum atomic E-state index is -0.156. The summed E-state index contributed by atoms with van der Waals surface area (Å²) in [5, 5.41) is 5.65. The zero-order valence-electron chi connectivity index (χ0n) is 12.2. The highest BCUT2D eigenvalue weighted by molar-refractivity contribution is 5.89. The first kappa shape index (κ1) is 14.9. The van der Waals surface area contributed by atoms with Crippen LogP contribution in [0, 0.1) is 5.92 Å². The van der Waals surface area contributed by atoms with Gasteiger partial charge in [-0.15, -0.1) is 0 Å². The first-order valence-electron chi connectivity index (χ1n) is 7.49. The van der Waals surface area contributed by atoms with Gasteiger partial charge < -0.3 is 15.4 Å². The molecular formula is C16H24N2O2. The number of benzene rings is 1. The standard InChI is InChI=1S/C16H24N2O2/c1-2-13-6-8-15(9-7-13)18-16(19)17-10-3-11-20-12-14-4-5-14/h6-9,14H,2-5,10-12H2,1H3,(H2,17,18,19). The van der Waals surface area contributed by atoms with Crippen LogP contribution in [0.3, 0.4) is 0 Å². The maximum atomic E-state index is 11.7. The second kappa shape index (κ2) is 7.90. The van der Waals surface area contributed by atoms with Crippen LogP contribution in [0.15, 0.2) is 24.3 Å². The Balaban J connectivity index is 1.54. The SMILES string of the molecule is CCc1ccc(NC(=O)NCCCOCC2CC2)cc1. The molecule has 0 saturated heterocycles. The molecule has 0 aromatic heterocycles. The highest BCUT2D eigenvalue weighted by Gasteiger charge is 2.20. The van der Waals surface area contributed by atoms with E-state index in [0.717, 1.165) is 37.7 Å².